The molecule has 4 heteroatoms. The number of nitrogens with one attached hydrogen (secondary N) is 1. The molecule has 1 rings (SSSR count). The highest BCUT2D eigenvalue weighted by molar-refractivity contribution is 4.86. The fraction of sp³-hybridized carbons (Fsp3) is 1.00. The molecule has 0 amide bonds. The van der Waals surface area contributed by atoms with E-state index in [0.717, 1.165) is 38.7 Å². The lowest BCUT2D eigenvalue weighted by atomic mass is 10.2. The fourth-order valence-electron chi connectivity index (χ4n) is 2.06. The Morgan fingerprint density at radius 3 is 2.75 bits per heavy atom. The maximum Gasteiger partial charge on any atom is 0.0589 e. The molecule has 0 aromatic rings. The largest absolute Gasteiger partial charge is 0.396 e. The summed E-state index contributed by atoms with van der Waals surface area (Å²) in [5, 5.41) is 12.5. The highest BCUT2D eigenvalue weighted by Crippen LogP contribution is 2.26. The van der Waals surface area contributed by atoms with Gasteiger partial charge in [0, 0.05) is 38.9 Å². The zero-order valence-electron chi connectivity index (χ0n) is 10.6. The van der Waals surface area contributed by atoms with Crippen LogP contribution in [0.2, 0.25) is 0 Å². The molecule has 0 bridgehead atoms. The summed E-state index contributed by atoms with van der Waals surface area (Å²) in [6.07, 6.45) is 3.48. The second-order valence-corrected chi connectivity index (χ2v) is 4.49. The van der Waals surface area contributed by atoms with Crippen molar-refractivity contribution in [3.05, 3.63) is 0 Å². The van der Waals surface area contributed by atoms with Crippen LogP contribution in [0.3, 0.4) is 0 Å². The summed E-state index contributed by atoms with van der Waals surface area (Å²) in [5.41, 5.74) is 0. The molecule has 1 aliphatic rings. The van der Waals surface area contributed by atoms with Gasteiger partial charge in [0.25, 0.3) is 0 Å². The molecule has 0 radical (unpaired) electrons. The molecule has 0 aliphatic heterocycles. The number of aliphatic hydroxyl groups is 1. The average molecular weight is 230 g/mol. The third-order valence-electron chi connectivity index (χ3n) is 3.07. The van der Waals surface area contributed by atoms with Crippen LogP contribution in [0.15, 0.2) is 0 Å². The lowest BCUT2D eigenvalue weighted by molar-refractivity contribution is 0.131. The number of nitrogens with zero attached hydrogens (tertiary/aromatic N) is 1. The van der Waals surface area contributed by atoms with Gasteiger partial charge in [-0.15, -0.1) is 0 Å². The van der Waals surface area contributed by atoms with E-state index in [9.17, 15) is 0 Å². The normalized spacial score (nSPS) is 18.0. The molecule has 1 atom stereocenters. The predicted octanol–water partition coefficient (Wildman–Crippen LogP) is 0.458. The Kier molecular flexibility index (Phi) is 6.96. The summed E-state index contributed by atoms with van der Waals surface area (Å²) in [5.74, 6) is 0. The third kappa shape index (κ3) is 5.25. The summed E-state index contributed by atoms with van der Waals surface area (Å²) >= 11 is 0. The van der Waals surface area contributed by atoms with Crippen molar-refractivity contribution < 1.29 is 9.84 Å². The molecular formula is C12H26N2O2. The molecule has 1 fully saturated rings. The van der Waals surface area contributed by atoms with Gasteiger partial charge in [0.1, 0.15) is 0 Å². The van der Waals surface area contributed by atoms with E-state index < -0.39 is 0 Å². The lowest BCUT2D eigenvalue weighted by Crippen LogP contribution is -2.43. The van der Waals surface area contributed by atoms with Gasteiger partial charge in [0.2, 0.25) is 0 Å². The molecule has 0 aromatic carbocycles. The van der Waals surface area contributed by atoms with Crippen molar-refractivity contribution in [2.24, 2.45) is 0 Å². The minimum absolute atomic E-state index is 0.264. The predicted molar refractivity (Wildman–Crippen MR) is 65.6 cm³/mol. The lowest BCUT2D eigenvalue weighted by Gasteiger charge is -2.27. The third-order valence-corrected chi connectivity index (χ3v) is 3.07. The summed E-state index contributed by atoms with van der Waals surface area (Å²) in [4.78, 5) is 2.49. The Labute approximate surface area is 99.0 Å². The zero-order valence-corrected chi connectivity index (χ0v) is 10.6. The number of aliphatic hydroxyl groups excluding tert-OH is 1. The maximum absolute atomic E-state index is 9.02. The van der Waals surface area contributed by atoms with Gasteiger partial charge >= 0.3 is 0 Å². The van der Waals surface area contributed by atoms with Crippen LogP contribution >= 0.6 is 0 Å². The first-order valence-electron chi connectivity index (χ1n) is 6.39. The molecule has 96 valence electrons. The Hall–Kier alpha value is -0.160. The molecule has 4 nitrogen and oxygen atoms in total. The monoisotopic (exact) mass is 230 g/mol. The first-order chi connectivity index (χ1) is 7.81. The van der Waals surface area contributed by atoms with E-state index in [-0.39, 0.29) is 6.61 Å². The van der Waals surface area contributed by atoms with Gasteiger partial charge in [-0.3, -0.25) is 4.90 Å². The smallest absolute Gasteiger partial charge is 0.0589 e. The number of rotatable bonds is 10. The number of methoxy groups -OCH3 is 1. The summed E-state index contributed by atoms with van der Waals surface area (Å²) in [6, 6.07) is 1.17. The molecule has 0 heterocycles. The molecular weight excluding hydrogens is 204 g/mol. The van der Waals surface area contributed by atoms with Crippen molar-refractivity contribution in [3.8, 4) is 0 Å². The highest BCUT2D eigenvalue weighted by atomic mass is 16.5. The Morgan fingerprint density at radius 1 is 1.50 bits per heavy atom. The Balaban J connectivity index is 2.31. The van der Waals surface area contributed by atoms with E-state index in [1.165, 1.54) is 12.8 Å². The molecule has 0 aromatic heterocycles. The van der Waals surface area contributed by atoms with Crippen molar-refractivity contribution in [2.75, 3.05) is 40.0 Å². The number of hydrogen-bond donors (Lipinski definition) is 2. The second kappa shape index (κ2) is 8.01. The van der Waals surface area contributed by atoms with Crippen molar-refractivity contribution in [2.45, 2.75) is 38.3 Å². The van der Waals surface area contributed by atoms with Gasteiger partial charge in [0.15, 0.2) is 0 Å². The van der Waals surface area contributed by atoms with E-state index in [0.29, 0.717) is 6.04 Å². The van der Waals surface area contributed by atoms with Crippen LogP contribution in [0.4, 0.5) is 0 Å². The first-order valence-corrected chi connectivity index (χ1v) is 6.39. The van der Waals surface area contributed by atoms with Gasteiger partial charge in [-0.1, -0.05) is 6.92 Å². The van der Waals surface area contributed by atoms with Crippen molar-refractivity contribution in [1.29, 1.82) is 0 Å². The molecule has 0 spiro atoms. The Morgan fingerprint density at radius 2 is 2.25 bits per heavy atom. The fourth-order valence-corrected chi connectivity index (χ4v) is 2.06. The van der Waals surface area contributed by atoms with Crippen molar-refractivity contribution in [3.63, 3.8) is 0 Å². The van der Waals surface area contributed by atoms with Crippen LogP contribution in [0.1, 0.15) is 26.2 Å². The van der Waals surface area contributed by atoms with Crippen molar-refractivity contribution in [1.82, 2.24) is 10.2 Å². The summed E-state index contributed by atoms with van der Waals surface area (Å²) < 4.78 is 5.14. The van der Waals surface area contributed by atoms with Crippen LogP contribution < -0.4 is 5.32 Å². The molecule has 1 saturated carbocycles. The number of likely N-dealkylation sites (N-methyl/N-ethyl adjacent to an activating group) is 1. The van der Waals surface area contributed by atoms with Gasteiger partial charge in [-0.2, -0.15) is 0 Å². The van der Waals surface area contributed by atoms with Crippen LogP contribution in [-0.2, 0) is 4.74 Å². The van der Waals surface area contributed by atoms with E-state index in [2.05, 4.69) is 17.1 Å². The van der Waals surface area contributed by atoms with E-state index in [4.69, 9.17) is 9.84 Å². The average Bonchev–Trinajstić information content (AvgIpc) is 3.08. The number of hydrogen-bond acceptors (Lipinski definition) is 4. The van der Waals surface area contributed by atoms with Crippen molar-refractivity contribution >= 4 is 0 Å². The van der Waals surface area contributed by atoms with Crippen LogP contribution in [0, 0.1) is 0 Å². The van der Waals surface area contributed by atoms with E-state index in [1.54, 1.807) is 7.11 Å². The van der Waals surface area contributed by atoms with Gasteiger partial charge in [-0.05, 0) is 25.8 Å². The quantitative estimate of drug-likeness (QED) is 0.572. The number of ether oxygens (including phenoxy) is 1. The molecule has 16 heavy (non-hydrogen) atoms. The molecule has 1 unspecified atom stereocenters. The molecule has 0 saturated heterocycles. The van der Waals surface area contributed by atoms with Gasteiger partial charge in [-0.25, -0.2) is 0 Å². The summed E-state index contributed by atoms with van der Waals surface area (Å²) in [6.45, 7) is 6.18. The molecule has 1 aliphatic carbocycles. The Bertz CT molecular complexity index is 168. The zero-order chi connectivity index (χ0) is 11.8. The van der Waals surface area contributed by atoms with Crippen LogP contribution in [-0.4, -0.2) is 62.0 Å². The second-order valence-electron chi connectivity index (χ2n) is 4.49. The molecule has 2 N–H and O–H groups in total. The SMILES string of the molecule is CCNC(CCO)CN(CCOC)C1CC1. The minimum atomic E-state index is 0.264. The summed E-state index contributed by atoms with van der Waals surface area (Å²) in [7, 11) is 1.75. The topological polar surface area (TPSA) is 44.7 Å². The van der Waals surface area contributed by atoms with Crippen LogP contribution in [0.25, 0.3) is 0 Å². The standard InChI is InChI=1S/C12H26N2O2/c1-3-13-11(6-8-15)10-14(7-9-16-2)12-4-5-12/h11-13,15H,3-10H2,1-2H3. The minimum Gasteiger partial charge on any atom is -0.396 e. The van der Waals surface area contributed by atoms with E-state index in [1.807, 2.05) is 0 Å². The van der Waals surface area contributed by atoms with Gasteiger partial charge in [0.05, 0.1) is 6.61 Å². The maximum atomic E-state index is 9.02. The van der Waals surface area contributed by atoms with Gasteiger partial charge < -0.3 is 15.2 Å². The highest BCUT2D eigenvalue weighted by Gasteiger charge is 2.29. The van der Waals surface area contributed by atoms with E-state index >= 15 is 0 Å². The first kappa shape index (κ1) is 13.9. The van der Waals surface area contributed by atoms with Crippen LogP contribution in [0.5, 0.6) is 0 Å².